The lowest BCUT2D eigenvalue weighted by Crippen LogP contribution is -2.48. The lowest BCUT2D eigenvalue weighted by molar-refractivity contribution is -0.0650. The van der Waals surface area contributed by atoms with Gasteiger partial charge in [0.2, 0.25) is 0 Å². The van der Waals surface area contributed by atoms with Crippen LogP contribution in [0.25, 0.3) is 0 Å². The second kappa shape index (κ2) is 3.37. The maximum absolute atomic E-state index is 10.5. The van der Waals surface area contributed by atoms with Crippen molar-refractivity contribution in [1.82, 2.24) is 9.55 Å². The number of aromatic nitrogens is 2. The summed E-state index contributed by atoms with van der Waals surface area (Å²) in [5.74, 6) is 0.618. The molecule has 1 atom stereocenters. The van der Waals surface area contributed by atoms with E-state index >= 15 is 0 Å². The van der Waals surface area contributed by atoms with Gasteiger partial charge in [-0.05, 0) is 5.41 Å². The van der Waals surface area contributed by atoms with E-state index in [4.69, 9.17) is 5.73 Å². The van der Waals surface area contributed by atoms with E-state index < -0.39 is 5.60 Å². The summed E-state index contributed by atoms with van der Waals surface area (Å²) in [4.78, 5) is 4.16. The minimum atomic E-state index is -1.08. The molecule has 80 valence electrons. The van der Waals surface area contributed by atoms with E-state index in [9.17, 15) is 5.11 Å². The number of hydrogen-bond donors (Lipinski definition) is 2. The molecular formula is C10H19N3O. The highest BCUT2D eigenvalue weighted by Crippen LogP contribution is 2.37. The van der Waals surface area contributed by atoms with Gasteiger partial charge >= 0.3 is 0 Å². The molecule has 0 spiro atoms. The summed E-state index contributed by atoms with van der Waals surface area (Å²) in [6.07, 6.45) is 3.48. The monoisotopic (exact) mass is 197 g/mol. The van der Waals surface area contributed by atoms with Gasteiger partial charge in [0.25, 0.3) is 0 Å². The number of rotatable bonds is 2. The maximum Gasteiger partial charge on any atom is 0.142 e. The Bertz CT molecular complexity index is 313. The summed E-state index contributed by atoms with van der Waals surface area (Å²) in [5.41, 5.74) is 4.24. The van der Waals surface area contributed by atoms with Crippen LogP contribution in [0, 0.1) is 5.41 Å². The molecule has 0 radical (unpaired) electrons. The standard InChI is InChI=1S/C10H19N3O/c1-9(2,3)10(14,7-11)8-12-5-6-13(8)4/h5-6,14H,7,11H2,1-4H3. The number of hydrogen-bond acceptors (Lipinski definition) is 3. The van der Waals surface area contributed by atoms with E-state index in [1.54, 1.807) is 10.8 Å². The maximum atomic E-state index is 10.5. The number of nitrogens with zero attached hydrogens (tertiary/aromatic N) is 2. The van der Waals surface area contributed by atoms with Crippen LogP contribution in [0.15, 0.2) is 12.4 Å². The van der Waals surface area contributed by atoms with Crippen molar-refractivity contribution in [1.29, 1.82) is 0 Å². The molecule has 1 unspecified atom stereocenters. The lowest BCUT2D eigenvalue weighted by atomic mass is 9.76. The molecule has 0 saturated heterocycles. The highest BCUT2D eigenvalue weighted by Gasteiger charge is 2.43. The van der Waals surface area contributed by atoms with Gasteiger partial charge in [0.1, 0.15) is 11.4 Å². The van der Waals surface area contributed by atoms with E-state index in [1.165, 1.54) is 0 Å². The van der Waals surface area contributed by atoms with Gasteiger partial charge in [-0.1, -0.05) is 20.8 Å². The molecule has 0 fully saturated rings. The van der Waals surface area contributed by atoms with Crippen molar-refractivity contribution >= 4 is 0 Å². The molecule has 0 aliphatic rings. The largest absolute Gasteiger partial charge is 0.380 e. The fraction of sp³-hybridized carbons (Fsp3) is 0.700. The van der Waals surface area contributed by atoms with Crippen LogP contribution in [-0.2, 0) is 12.6 Å². The van der Waals surface area contributed by atoms with Gasteiger partial charge in [0, 0.05) is 26.0 Å². The summed E-state index contributed by atoms with van der Waals surface area (Å²) >= 11 is 0. The van der Waals surface area contributed by atoms with E-state index in [0.29, 0.717) is 5.82 Å². The number of imidazole rings is 1. The zero-order valence-electron chi connectivity index (χ0n) is 9.28. The van der Waals surface area contributed by atoms with E-state index in [1.807, 2.05) is 34.0 Å². The Morgan fingerprint density at radius 3 is 2.36 bits per heavy atom. The topological polar surface area (TPSA) is 64.1 Å². The Morgan fingerprint density at radius 1 is 1.50 bits per heavy atom. The Balaban J connectivity index is 3.22. The molecule has 14 heavy (non-hydrogen) atoms. The quantitative estimate of drug-likeness (QED) is 0.730. The lowest BCUT2D eigenvalue weighted by Gasteiger charge is -2.38. The minimum absolute atomic E-state index is 0.168. The Hall–Kier alpha value is -0.870. The minimum Gasteiger partial charge on any atom is -0.380 e. The molecule has 0 bridgehead atoms. The fourth-order valence-corrected chi connectivity index (χ4v) is 1.50. The molecule has 4 nitrogen and oxygen atoms in total. The predicted octanol–water partition coefficient (Wildman–Crippen LogP) is 0.612. The first-order valence-electron chi connectivity index (χ1n) is 4.73. The molecule has 0 saturated carbocycles. The van der Waals surface area contributed by atoms with Crippen molar-refractivity contribution in [2.75, 3.05) is 6.54 Å². The second-order valence-electron chi connectivity index (χ2n) is 4.68. The van der Waals surface area contributed by atoms with Crippen molar-refractivity contribution < 1.29 is 5.11 Å². The van der Waals surface area contributed by atoms with Crippen LogP contribution in [0.4, 0.5) is 0 Å². The van der Waals surface area contributed by atoms with E-state index in [0.717, 1.165) is 0 Å². The van der Waals surface area contributed by atoms with Crippen molar-refractivity contribution in [3.63, 3.8) is 0 Å². The van der Waals surface area contributed by atoms with Crippen LogP contribution < -0.4 is 5.73 Å². The highest BCUT2D eigenvalue weighted by molar-refractivity contribution is 5.10. The molecule has 1 heterocycles. The molecule has 0 aliphatic heterocycles. The average molecular weight is 197 g/mol. The fourth-order valence-electron chi connectivity index (χ4n) is 1.50. The smallest absolute Gasteiger partial charge is 0.142 e. The van der Waals surface area contributed by atoms with Gasteiger partial charge in [0.15, 0.2) is 0 Å². The molecular weight excluding hydrogens is 178 g/mol. The predicted molar refractivity (Wildman–Crippen MR) is 55.6 cm³/mol. The zero-order chi connectivity index (χ0) is 11.0. The Morgan fingerprint density at radius 2 is 2.07 bits per heavy atom. The van der Waals surface area contributed by atoms with Gasteiger partial charge in [-0.3, -0.25) is 0 Å². The molecule has 1 aromatic rings. The van der Waals surface area contributed by atoms with Crippen LogP contribution in [0.5, 0.6) is 0 Å². The van der Waals surface area contributed by atoms with Crippen molar-refractivity contribution in [3.8, 4) is 0 Å². The van der Waals surface area contributed by atoms with Crippen molar-refractivity contribution in [2.45, 2.75) is 26.4 Å². The summed E-state index contributed by atoms with van der Waals surface area (Å²) < 4.78 is 1.80. The van der Waals surface area contributed by atoms with Crippen LogP contribution >= 0.6 is 0 Å². The summed E-state index contributed by atoms with van der Waals surface area (Å²) in [6.45, 7) is 6.03. The number of aliphatic hydroxyl groups is 1. The van der Waals surface area contributed by atoms with Crippen LogP contribution in [0.2, 0.25) is 0 Å². The van der Waals surface area contributed by atoms with Crippen LogP contribution in [0.3, 0.4) is 0 Å². The highest BCUT2D eigenvalue weighted by atomic mass is 16.3. The molecule has 1 aromatic heterocycles. The summed E-state index contributed by atoms with van der Waals surface area (Å²) in [7, 11) is 1.86. The molecule has 0 amide bonds. The summed E-state index contributed by atoms with van der Waals surface area (Å²) in [6, 6.07) is 0. The third-order valence-corrected chi connectivity index (χ3v) is 2.73. The van der Waals surface area contributed by atoms with Crippen molar-refractivity contribution in [3.05, 3.63) is 18.2 Å². The van der Waals surface area contributed by atoms with Crippen molar-refractivity contribution in [2.24, 2.45) is 18.2 Å². The zero-order valence-corrected chi connectivity index (χ0v) is 9.28. The Kier molecular flexibility index (Phi) is 2.69. The average Bonchev–Trinajstić information content (AvgIpc) is 2.48. The first-order valence-corrected chi connectivity index (χ1v) is 4.73. The first-order chi connectivity index (χ1) is 6.33. The van der Waals surface area contributed by atoms with E-state index in [-0.39, 0.29) is 12.0 Å². The molecule has 4 heteroatoms. The molecule has 1 rings (SSSR count). The number of nitrogens with two attached hydrogens (primary N) is 1. The molecule has 3 N–H and O–H groups in total. The SMILES string of the molecule is Cn1ccnc1C(O)(CN)C(C)(C)C. The van der Waals surface area contributed by atoms with Gasteiger partial charge in [0.05, 0.1) is 0 Å². The van der Waals surface area contributed by atoms with Gasteiger partial charge < -0.3 is 15.4 Å². The van der Waals surface area contributed by atoms with Gasteiger partial charge in [-0.2, -0.15) is 0 Å². The van der Waals surface area contributed by atoms with Crippen LogP contribution in [0.1, 0.15) is 26.6 Å². The third kappa shape index (κ3) is 1.55. The van der Waals surface area contributed by atoms with Crippen LogP contribution in [-0.4, -0.2) is 21.2 Å². The first kappa shape index (κ1) is 11.2. The van der Waals surface area contributed by atoms with Gasteiger partial charge in [-0.15, -0.1) is 0 Å². The number of aryl methyl sites for hydroxylation is 1. The molecule has 0 aromatic carbocycles. The van der Waals surface area contributed by atoms with E-state index in [2.05, 4.69) is 4.98 Å². The molecule has 0 aliphatic carbocycles. The third-order valence-electron chi connectivity index (χ3n) is 2.73. The normalized spacial score (nSPS) is 16.7. The second-order valence-corrected chi connectivity index (χ2v) is 4.68. The van der Waals surface area contributed by atoms with Gasteiger partial charge in [-0.25, -0.2) is 4.98 Å². The summed E-state index contributed by atoms with van der Waals surface area (Å²) in [5, 5.41) is 10.5. The Labute approximate surface area is 84.8 Å².